The van der Waals surface area contributed by atoms with Crippen molar-refractivity contribution >= 4 is 112 Å². The average molecular weight is 623 g/mol. The summed E-state index contributed by atoms with van der Waals surface area (Å²) < 4.78 is 10.5. The van der Waals surface area contributed by atoms with Crippen LogP contribution in [0, 0.1) is 0 Å². The van der Waals surface area contributed by atoms with Gasteiger partial charge in [0.25, 0.3) is 0 Å². The summed E-state index contributed by atoms with van der Waals surface area (Å²) in [4.78, 5) is 0. The van der Waals surface area contributed by atoms with Crippen molar-refractivity contribution in [2.24, 2.45) is 0 Å². The smallest absolute Gasteiger partial charge is 0.0634 e. The second-order valence-corrected chi connectivity index (χ2v) is 14.6. The summed E-state index contributed by atoms with van der Waals surface area (Å²) in [5.41, 5.74) is 6.48. The molecule has 0 N–H and O–H groups in total. The van der Waals surface area contributed by atoms with Gasteiger partial charge in [0.1, 0.15) is 0 Å². The molecule has 46 heavy (non-hydrogen) atoms. The SMILES string of the molecule is C1=CC(n2c3ccccc3c3ccc4sc5ccccc5c4c32)CC=C1n1c2ccccc2c2ccc3sc4ccccc4c3c21. The largest absolute Gasteiger partial charge is 0.333 e. The molecule has 11 rings (SSSR count). The van der Waals surface area contributed by atoms with Crippen LogP contribution in [0.5, 0.6) is 0 Å². The second-order valence-electron chi connectivity index (χ2n) is 12.4. The van der Waals surface area contributed by atoms with Gasteiger partial charge in [-0.3, -0.25) is 0 Å². The number of benzene rings is 6. The van der Waals surface area contributed by atoms with Gasteiger partial charge in [0, 0.05) is 73.1 Å². The predicted molar refractivity (Wildman–Crippen MR) is 202 cm³/mol. The van der Waals surface area contributed by atoms with Gasteiger partial charge in [-0.2, -0.15) is 0 Å². The highest BCUT2D eigenvalue weighted by atomic mass is 32.1. The van der Waals surface area contributed by atoms with Gasteiger partial charge in [-0.05, 0) is 48.9 Å². The van der Waals surface area contributed by atoms with Crippen LogP contribution in [-0.2, 0) is 0 Å². The van der Waals surface area contributed by atoms with Crippen LogP contribution in [0.15, 0.2) is 140 Å². The van der Waals surface area contributed by atoms with E-state index in [4.69, 9.17) is 0 Å². The van der Waals surface area contributed by atoms with E-state index in [2.05, 4.69) is 149 Å². The van der Waals surface area contributed by atoms with Crippen molar-refractivity contribution in [3.8, 4) is 0 Å². The summed E-state index contributed by atoms with van der Waals surface area (Å²) >= 11 is 3.79. The summed E-state index contributed by atoms with van der Waals surface area (Å²) in [6.07, 6.45) is 8.21. The fourth-order valence-electron chi connectivity index (χ4n) is 8.13. The molecule has 1 aliphatic carbocycles. The first kappa shape index (κ1) is 25.1. The molecule has 0 bridgehead atoms. The number of hydrogen-bond donors (Lipinski definition) is 0. The highest BCUT2D eigenvalue weighted by Crippen LogP contribution is 2.46. The first-order valence-corrected chi connectivity index (χ1v) is 17.5. The standard InChI is InChI=1S/C42H26N2S2/c1-5-13-33-27(9-1)29-21-23-37-39(31-11-3-7-15-35(31)45-37)41(29)43(33)25-17-19-26(20-18-25)44-34-14-6-2-10-28(34)30-22-24-38-40(42(30)44)32-12-4-8-16-36(32)46-38/h1-19,21-24,26H,20H2. The van der Waals surface area contributed by atoms with E-state index in [0.717, 1.165) is 6.42 Å². The minimum absolute atomic E-state index is 0.213. The van der Waals surface area contributed by atoms with Crippen molar-refractivity contribution < 1.29 is 0 Å². The van der Waals surface area contributed by atoms with Crippen molar-refractivity contribution in [1.29, 1.82) is 0 Å². The molecule has 10 aromatic rings. The normalized spacial score (nSPS) is 15.6. The molecule has 0 saturated heterocycles. The molecule has 4 heterocycles. The molecule has 4 heteroatoms. The van der Waals surface area contributed by atoms with E-state index in [1.165, 1.54) is 89.7 Å². The first-order chi connectivity index (χ1) is 22.8. The molecule has 0 fully saturated rings. The molecule has 0 amide bonds. The Morgan fingerprint density at radius 1 is 0.478 bits per heavy atom. The molecule has 4 aromatic heterocycles. The van der Waals surface area contributed by atoms with Crippen LogP contribution in [0.4, 0.5) is 0 Å². The van der Waals surface area contributed by atoms with Crippen LogP contribution in [0.3, 0.4) is 0 Å². The lowest BCUT2D eigenvalue weighted by molar-refractivity contribution is 0.649. The Morgan fingerprint density at radius 3 is 1.67 bits per heavy atom. The van der Waals surface area contributed by atoms with E-state index in [0.29, 0.717) is 0 Å². The number of para-hydroxylation sites is 2. The van der Waals surface area contributed by atoms with Crippen molar-refractivity contribution in [2.75, 3.05) is 0 Å². The molecule has 6 aromatic carbocycles. The fourth-order valence-corrected chi connectivity index (χ4v) is 10.3. The summed E-state index contributed by atoms with van der Waals surface area (Å²) in [5.74, 6) is 0. The number of aromatic nitrogens is 2. The zero-order chi connectivity index (χ0) is 29.9. The number of rotatable bonds is 2. The number of hydrogen-bond acceptors (Lipinski definition) is 2. The van der Waals surface area contributed by atoms with Gasteiger partial charge in [-0.15, -0.1) is 22.7 Å². The van der Waals surface area contributed by atoms with Gasteiger partial charge in [0.2, 0.25) is 0 Å². The van der Waals surface area contributed by atoms with E-state index in [-0.39, 0.29) is 6.04 Å². The van der Waals surface area contributed by atoms with Crippen LogP contribution >= 0.6 is 22.7 Å². The van der Waals surface area contributed by atoms with Gasteiger partial charge in [0.05, 0.1) is 22.6 Å². The fraction of sp³-hybridized carbons (Fsp3) is 0.0476. The van der Waals surface area contributed by atoms with Gasteiger partial charge in [-0.1, -0.05) is 97.1 Å². The van der Waals surface area contributed by atoms with Crippen LogP contribution in [-0.4, -0.2) is 9.13 Å². The monoisotopic (exact) mass is 622 g/mol. The molecule has 0 saturated carbocycles. The minimum atomic E-state index is 0.213. The molecule has 0 radical (unpaired) electrons. The third kappa shape index (κ3) is 3.25. The van der Waals surface area contributed by atoms with Crippen LogP contribution < -0.4 is 0 Å². The molecule has 216 valence electrons. The molecular formula is C42H26N2S2. The number of nitrogens with zero attached hydrogens (tertiary/aromatic N) is 2. The summed E-state index contributed by atoms with van der Waals surface area (Å²) in [6.45, 7) is 0. The Morgan fingerprint density at radius 2 is 1.02 bits per heavy atom. The summed E-state index contributed by atoms with van der Waals surface area (Å²) in [7, 11) is 0. The minimum Gasteiger partial charge on any atom is -0.333 e. The van der Waals surface area contributed by atoms with Crippen molar-refractivity contribution in [2.45, 2.75) is 12.5 Å². The van der Waals surface area contributed by atoms with Crippen LogP contribution in [0.2, 0.25) is 0 Å². The summed E-state index contributed by atoms with van der Waals surface area (Å²) in [6, 6.07) is 45.1. The maximum absolute atomic E-state index is 2.62. The quantitative estimate of drug-likeness (QED) is 0.182. The third-order valence-electron chi connectivity index (χ3n) is 10.0. The van der Waals surface area contributed by atoms with E-state index < -0.39 is 0 Å². The molecule has 1 aliphatic rings. The Labute approximate surface area is 272 Å². The van der Waals surface area contributed by atoms with Crippen molar-refractivity contribution in [3.05, 3.63) is 140 Å². The number of thiophene rings is 2. The molecule has 1 atom stereocenters. The van der Waals surface area contributed by atoms with E-state index in [1.807, 2.05) is 22.7 Å². The lowest BCUT2D eigenvalue weighted by Gasteiger charge is -2.22. The van der Waals surface area contributed by atoms with Gasteiger partial charge < -0.3 is 9.13 Å². The average Bonchev–Trinajstić information content (AvgIpc) is 3.85. The third-order valence-corrected chi connectivity index (χ3v) is 12.3. The topological polar surface area (TPSA) is 9.86 Å². The zero-order valence-electron chi connectivity index (χ0n) is 24.8. The number of fused-ring (bicyclic) bond motifs is 14. The lowest BCUT2D eigenvalue weighted by atomic mass is 10.0. The highest BCUT2D eigenvalue weighted by molar-refractivity contribution is 7.26. The van der Waals surface area contributed by atoms with Gasteiger partial charge in [-0.25, -0.2) is 0 Å². The Hall–Kier alpha value is -5.16. The zero-order valence-corrected chi connectivity index (χ0v) is 26.4. The maximum Gasteiger partial charge on any atom is 0.0634 e. The highest BCUT2D eigenvalue weighted by Gasteiger charge is 2.24. The summed E-state index contributed by atoms with van der Waals surface area (Å²) in [5, 5.41) is 10.7. The van der Waals surface area contributed by atoms with Crippen molar-refractivity contribution in [3.63, 3.8) is 0 Å². The van der Waals surface area contributed by atoms with Crippen LogP contribution in [0.25, 0.3) is 89.7 Å². The Bertz CT molecular complexity index is 2960. The second kappa shape index (κ2) is 9.20. The van der Waals surface area contributed by atoms with E-state index >= 15 is 0 Å². The molecule has 2 nitrogen and oxygen atoms in total. The van der Waals surface area contributed by atoms with Crippen molar-refractivity contribution in [1.82, 2.24) is 9.13 Å². The molecular weight excluding hydrogens is 597 g/mol. The van der Waals surface area contributed by atoms with Crippen LogP contribution in [0.1, 0.15) is 12.5 Å². The number of allylic oxidation sites excluding steroid dienone is 4. The Kier molecular flexibility index (Phi) is 5.01. The Balaban J connectivity index is 1.15. The lowest BCUT2D eigenvalue weighted by Crippen LogP contribution is -2.09. The molecule has 1 unspecified atom stereocenters. The van der Waals surface area contributed by atoms with Gasteiger partial charge in [0.15, 0.2) is 0 Å². The molecule has 0 aliphatic heterocycles. The first-order valence-electron chi connectivity index (χ1n) is 15.9. The maximum atomic E-state index is 2.62. The van der Waals surface area contributed by atoms with E-state index in [9.17, 15) is 0 Å². The van der Waals surface area contributed by atoms with E-state index in [1.54, 1.807) is 0 Å². The molecule has 0 spiro atoms. The van der Waals surface area contributed by atoms with Gasteiger partial charge >= 0.3 is 0 Å². The predicted octanol–water partition coefficient (Wildman–Crippen LogP) is 12.7.